The fraction of sp³-hybridized carbons (Fsp3) is 0.688. The van der Waals surface area contributed by atoms with Crippen LogP contribution in [-0.4, -0.2) is 17.6 Å². The lowest BCUT2D eigenvalue weighted by Gasteiger charge is -2.33. The van der Waals surface area contributed by atoms with E-state index in [1.807, 2.05) is 6.20 Å². The SMILES string of the molecule is CCNC1CCCC1C1CCCc2cccnc21. The maximum Gasteiger partial charge on any atom is 0.0469 e. The summed E-state index contributed by atoms with van der Waals surface area (Å²) in [4.78, 5) is 4.71. The first-order chi connectivity index (χ1) is 8.90. The summed E-state index contributed by atoms with van der Waals surface area (Å²) >= 11 is 0. The summed E-state index contributed by atoms with van der Waals surface area (Å²) in [7, 11) is 0. The largest absolute Gasteiger partial charge is 0.314 e. The first kappa shape index (κ1) is 12.2. The monoisotopic (exact) mass is 244 g/mol. The van der Waals surface area contributed by atoms with Crippen molar-refractivity contribution in [3.63, 3.8) is 0 Å². The molecule has 0 radical (unpaired) electrons. The second-order valence-corrected chi connectivity index (χ2v) is 5.81. The van der Waals surface area contributed by atoms with Crippen LogP contribution in [0.25, 0.3) is 0 Å². The Balaban J connectivity index is 1.84. The third-order valence-electron chi connectivity index (χ3n) is 4.79. The van der Waals surface area contributed by atoms with Crippen molar-refractivity contribution in [2.45, 2.75) is 57.4 Å². The molecule has 0 amide bonds. The summed E-state index contributed by atoms with van der Waals surface area (Å²) < 4.78 is 0. The van der Waals surface area contributed by atoms with Crippen molar-refractivity contribution in [1.82, 2.24) is 10.3 Å². The van der Waals surface area contributed by atoms with Gasteiger partial charge in [-0.2, -0.15) is 0 Å². The molecular weight excluding hydrogens is 220 g/mol. The van der Waals surface area contributed by atoms with Crippen LogP contribution in [0.15, 0.2) is 18.3 Å². The standard InChI is InChI=1S/C16H24N2/c1-2-17-15-10-4-8-13(15)14-9-3-6-12-7-5-11-18-16(12)14/h5,7,11,13-15,17H,2-4,6,8-10H2,1H3. The third-order valence-corrected chi connectivity index (χ3v) is 4.79. The van der Waals surface area contributed by atoms with E-state index in [1.54, 1.807) is 0 Å². The molecule has 3 rings (SSSR count). The number of aromatic nitrogens is 1. The maximum absolute atomic E-state index is 4.71. The van der Waals surface area contributed by atoms with Gasteiger partial charge in [-0.15, -0.1) is 0 Å². The van der Waals surface area contributed by atoms with Gasteiger partial charge in [-0.3, -0.25) is 4.98 Å². The first-order valence-electron chi connectivity index (χ1n) is 7.57. The molecule has 3 atom stereocenters. The van der Waals surface area contributed by atoms with Crippen molar-refractivity contribution in [3.05, 3.63) is 29.6 Å². The Morgan fingerprint density at radius 1 is 1.28 bits per heavy atom. The van der Waals surface area contributed by atoms with E-state index in [9.17, 15) is 0 Å². The first-order valence-corrected chi connectivity index (χ1v) is 7.57. The summed E-state index contributed by atoms with van der Waals surface area (Å²) in [5.74, 6) is 1.53. The number of nitrogens with zero attached hydrogens (tertiary/aromatic N) is 1. The lowest BCUT2D eigenvalue weighted by Crippen LogP contribution is -2.36. The molecule has 0 aromatic carbocycles. The number of pyridine rings is 1. The van der Waals surface area contributed by atoms with Gasteiger partial charge in [-0.05, 0) is 56.2 Å². The molecule has 0 saturated heterocycles. The number of hydrogen-bond acceptors (Lipinski definition) is 2. The smallest absolute Gasteiger partial charge is 0.0469 e. The van der Waals surface area contributed by atoms with Crippen LogP contribution in [0.4, 0.5) is 0 Å². The highest BCUT2D eigenvalue weighted by Crippen LogP contribution is 2.43. The van der Waals surface area contributed by atoms with E-state index in [4.69, 9.17) is 4.98 Å². The predicted octanol–water partition coefficient (Wildman–Crippen LogP) is 3.28. The Bertz CT molecular complexity index is 402. The van der Waals surface area contributed by atoms with Gasteiger partial charge < -0.3 is 5.32 Å². The summed E-state index contributed by atoms with van der Waals surface area (Å²) in [6.07, 6.45) is 10.0. The molecule has 1 saturated carbocycles. The molecule has 2 aliphatic carbocycles. The summed E-state index contributed by atoms with van der Waals surface area (Å²) in [5, 5.41) is 3.69. The zero-order chi connectivity index (χ0) is 12.4. The second-order valence-electron chi connectivity index (χ2n) is 5.81. The van der Waals surface area contributed by atoms with E-state index in [1.165, 1.54) is 49.8 Å². The number of hydrogen-bond donors (Lipinski definition) is 1. The van der Waals surface area contributed by atoms with E-state index >= 15 is 0 Å². The molecule has 2 heteroatoms. The minimum absolute atomic E-state index is 0.710. The van der Waals surface area contributed by atoms with Gasteiger partial charge in [0.05, 0.1) is 0 Å². The fourth-order valence-electron chi connectivity index (χ4n) is 4.05. The summed E-state index contributed by atoms with van der Waals surface area (Å²) in [6, 6.07) is 5.11. The van der Waals surface area contributed by atoms with E-state index in [0.29, 0.717) is 5.92 Å². The molecule has 18 heavy (non-hydrogen) atoms. The van der Waals surface area contributed by atoms with E-state index in [0.717, 1.165) is 18.5 Å². The van der Waals surface area contributed by atoms with Gasteiger partial charge in [0.2, 0.25) is 0 Å². The Labute approximate surface area is 110 Å². The van der Waals surface area contributed by atoms with Crippen LogP contribution in [-0.2, 0) is 6.42 Å². The zero-order valence-corrected chi connectivity index (χ0v) is 11.4. The highest BCUT2D eigenvalue weighted by molar-refractivity contribution is 5.27. The average Bonchev–Trinajstić information content (AvgIpc) is 2.87. The summed E-state index contributed by atoms with van der Waals surface area (Å²) in [5.41, 5.74) is 2.93. The van der Waals surface area contributed by atoms with E-state index < -0.39 is 0 Å². The zero-order valence-electron chi connectivity index (χ0n) is 11.4. The Hall–Kier alpha value is -0.890. The van der Waals surface area contributed by atoms with Crippen LogP contribution in [0, 0.1) is 5.92 Å². The van der Waals surface area contributed by atoms with Gasteiger partial charge in [0, 0.05) is 23.9 Å². The van der Waals surface area contributed by atoms with Crippen LogP contribution in [0.5, 0.6) is 0 Å². The van der Waals surface area contributed by atoms with Crippen molar-refractivity contribution < 1.29 is 0 Å². The minimum Gasteiger partial charge on any atom is -0.314 e. The molecule has 3 unspecified atom stereocenters. The van der Waals surface area contributed by atoms with Crippen molar-refractivity contribution >= 4 is 0 Å². The van der Waals surface area contributed by atoms with Gasteiger partial charge in [-0.25, -0.2) is 0 Å². The van der Waals surface area contributed by atoms with Crippen LogP contribution in [0.2, 0.25) is 0 Å². The highest BCUT2D eigenvalue weighted by Gasteiger charge is 2.36. The Kier molecular flexibility index (Phi) is 3.64. The number of rotatable bonds is 3. The molecule has 0 bridgehead atoms. The lowest BCUT2D eigenvalue weighted by molar-refractivity contribution is 0.314. The molecular formula is C16H24N2. The Morgan fingerprint density at radius 2 is 2.22 bits per heavy atom. The summed E-state index contributed by atoms with van der Waals surface area (Å²) in [6.45, 7) is 3.32. The van der Waals surface area contributed by atoms with Crippen molar-refractivity contribution in [3.8, 4) is 0 Å². The number of nitrogens with one attached hydrogen (secondary N) is 1. The van der Waals surface area contributed by atoms with Crippen LogP contribution in [0.1, 0.15) is 56.2 Å². The Morgan fingerprint density at radius 3 is 3.11 bits per heavy atom. The molecule has 1 N–H and O–H groups in total. The molecule has 2 aliphatic rings. The van der Waals surface area contributed by atoms with Gasteiger partial charge in [0.1, 0.15) is 0 Å². The van der Waals surface area contributed by atoms with Crippen LogP contribution < -0.4 is 5.32 Å². The highest BCUT2D eigenvalue weighted by atomic mass is 14.9. The normalized spacial score (nSPS) is 31.3. The van der Waals surface area contributed by atoms with Crippen molar-refractivity contribution in [1.29, 1.82) is 0 Å². The van der Waals surface area contributed by atoms with Crippen molar-refractivity contribution in [2.75, 3.05) is 6.54 Å². The van der Waals surface area contributed by atoms with Crippen molar-refractivity contribution in [2.24, 2.45) is 5.92 Å². The molecule has 1 aromatic heterocycles. The molecule has 1 aromatic rings. The van der Waals surface area contributed by atoms with Gasteiger partial charge in [0.25, 0.3) is 0 Å². The second kappa shape index (κ2) is 5.40. The molecule has 2 nitrogen and oxygen atoms in total. The lowest BCUT2D eigenvalue weighted by atomic mass is 9.76. The average molecular weight is 244 g/mol. The topological polar surface area (TPSA) is 24.9 Å². The molecule has 98 valence electrons. The molecule has 0 spiro atoms. The number of fused-ring (bicyclic) bond motifs is 1. The molecule has 1 heterocycles. The van der Waals surface area contributed by atoms with Crippen LogP contribution in [0.3, 0.4) is 0 Å². The minimum atomic E-state index is 0.710. The van der Waals surface area contributed by atoms with E-state index in [2.05, 4.69) is 24.4 Å². The van der Waals surface area contributed by atoms with E-state index in [-0.39, 0.29) is 0 Å². The predicted molar refractivity (Wildman–Crippen MR) is 74.7 cm³/mol. The van der Waals surface area contributed by atoms with Gasteiger partial charge in [0.15, 0.2) is 0 Å². The fourth-order valence-corrected chi connectivity index (χ4v) is 4.05. The number of aryl methyl sites for hydroxylation is 1. The van der Waals surface area contributed by atoms with Gasteiger partial charge >= 0.3 is 0 Å². The van der Waals surface area contributed by atoms with Crippen LogP contribution >= 0.6 is 0 Å². The molecule has 0 aliphatic heterocycles. The molecule has 1 fully saturated rings. The van der Waals surface area contributed by atoms with Gasteiger partial charge in [-0.1, -0.05) is 19.4 Å². The maximum atomic E-state index is 4.71. The third kappa shape index (κ3) is 2.18. The quantitative estimate of drug-likeness (QED) is 0.882.